The number of rotatable bonds is 4. The zero-order valence-corrected chi connectivity index (χ0v) is 10.5. The Morgan fingerprint density at radius 3 is 2.25 bits per heavy atom. The van der Waals surface area contributed by atoms with E-state index in [9.17, 15) is 13.2 Å². The lowest BCUT2D eigenvalue weighted by molar-refractivity contribution is -0.136. The van der Waals surface area contributed by atoms with E-state index in [2.05, 4.69) is 0 Å². The van der Waals surface area contributed by atoms with Crippen molar-refractivity contribution in [3.8, 4) is 0 Å². The van der Waals surface area contributed by atoms with Gasteiger partial charge >= 0.3 is 5.97 Å². The molecule has 0 saturated carbocycles. The summed E-state index contributed by atoms with van der Waals surface area (Å²) < 4.78 is 25.4. The molecule has 1 heterocycles. The third kappa shape index (κ3) is 3.18. The number of piperidine rings is 1. The first-order valence-electron chi connectivity index (χ1n) is 5.57. The van der Waals surface area contributed by atoms with Gasteiger partial charge < -0.3 is 5.11 Å². The molecule has 1 rings (SSSR count). The highest BCUT2D eigenvalue weighted by atomic mass is 32.2. The van der Waals surface area contributed by atoms with Gasteiger partial charge in [0.25, 0.3) is 0 Å². The highest BCUT2D eigenvalue weighted by Gasteiger charge is 2.34. The molecular weight excluding hydrogens is 230 g/mol. The quantitative estimate of drug-likeness (QED) is 0.808. The van der Waals surface area contributed by atoms with Gasteiger partial charge in [0.05, 0.1) is 12.2 Å². The Labute approximate surface area is 96.5 Å². The second kappa shape index (κ2) is 5.14. The first-order valence-corrected chi connectivity index (χ1v) is 7.18. The standard InChI is InChI=1S/C10H19NO4S/c1-8-4-3-5-9(2)11(8)16(14,15)7-6-10(12)13/h8-9H,3-7H2,1-2H3,(H,12,13). The molecule has 1 aliphatic rings. The van der Waals surface area contributed by atoms with Gasteiger partial charge in [-0.05, 0) is 26.7 Å². The maximum absolute atomic E-state index is 12.0. The lowest BCUT2D eigenvalue weighted by atomic mass is 10.0. The minimum Gasteiger partial charge on any atom is -0.481 e. The Bertz CT molecular complexity index is 342. The summed E-state index contributed by atoms with van der Waals surface area (Å²) in [5, 5.41) is 8.52. The molecule has 16 heavy (non-hydrogen) atoms. The van der Waals surface area contributed by atoms with E-state index in [1.807, 2.05) is 13.8 Å². The van der Waals surface area contributed by atoms with Crippen LogP contribution in [0.5, 0.6) is 0 Å². The molecule has 0 radical (unpaired) electrons. The lowest BCUT2D eigenvalue weighted by Crippen LogP contribution is -2.48. The average Bonchev–Trinajstić information content (AvgIpc) is 2.14. The molecule has 0 aromatic carbocycles. The highest BCUT2D eigenvalue weighted by Crippen LogP contribution is 2.26. The molecule has 1 saturated heterocycles. The summed E-state index contributed by atoms with van der Waals surface area (Å²) in [6.45, 7) is 3.77. The number of hydrogen-bond acceptors (Lipinski definition) is 3. The van der Waals surface area contributed by atoms with Crippen LogP contribution in [-0.2, 0) is 14.8 Å². The molecule has 0 aromatic rings. The molecule has 1 aliphatic heterocycles. The van der Waals surface area contributed by atoms with E-state index in [4.69, 9.17) is 5.11 Å². The van der Waals surface area contributed by atoms with Crippen molar-refractivity contribution in [1.82, 2.24) is 4.31 Å². The Kier molecular flexibility index (Phi) is 4.32. The summed E-state index contributed by atoms with van der Waals surface area (Å²) in [5.41, 5.74) is 0. The average molecular weight is 249 g/mol. The monoisotopic (exact) mass is 249 g/mol. The Morgan fingerprint density at radius 1 is 1.31 bits per heavy atom. The van der Waals surface area contributed by atoms with E-state index in [1.165, 1.54) is 4.31 Å². The summed E-state index contributed by atoms with van der Waals surface area (Å²) in [7, 11) is -3.42. The van der Waals surface area contributed by atoms with Crippen LogP contribution in [0.1, 0.15) is 39.5 Å². The maximum atomic E-state index is 12.0. The molecule has 0 aliphatic carbocycles. The van der Waals surface area contributed by atoms with Crippen LogP contribution in [-0.4, -0.2) is 41.6 Å². The maximum Gasteiger partial charge on any atom is 0.304 e. The molecule has 2 unspecified atom stereocenters. The highest BCUT2D eigenvalue weighted by molar-refractivity contribution is 7.89. The lowest BCUT2D eigenvalue weighted by Gasteiger charge is -2.37. The summed E-state index contributed by atoms with van der Waals surface area (Å²) in [6, 6.07) is -0.0231. The third-order valence-corrected chi connectivity index (χ3v) is 5.09. The zero-order chi connectivity index (χ0) is 12.3. The minimum atomic E-state index is -3.42. The van der Waals surface area contributed by atoms with E-state index < -0.39 is 16.0 Å². The molecule has 0 amide bonds. The summed E-state index contributed by atoms with van der Waals surface area (Å²) in [4.78, 5) is 10.4. The SMILES string of the molecule is CC1CCCC(C)N1S(=O)(=O)CCC(=O)O. The van der Waals surface area contributed by atoms with Gasteiger partial charge in [0.15, 0.2) is 0 Å². The third-order valence-electron chi connectivity index (χ3n) is 3.01. The smallest absolute Gasteiger partial charge is 0.304 e. The first kappa shape index (κ1) is 13.4. The predicted molar refractivity (Wildman–Crippen MR) is 60.7 cm³/mol. The van der Waals surface area contributed by atoms with Crippen molar-refractivity contribution in [1.29, 1.82) is 0 Å². The molecule has 0 bridgehead atoms. The van der Waals surface area contributed by atoms with E-state index in [0.29, 0.717) is 0 Å². The van der Waals surface area contributed by atoms with Crippen LogP contribution >= 0.6 is 0 Å². The Hall–Kier alpha value is -0.620. The summed E-state index contributed by atoms with van der Waals surface area (Å²) in [6.07, 6.45) is 2.43. The Balaban J connectivity index is 2.76. The first-order chi connectivity index (χ1) is 7.34. The van der Waals surface area contributed by atoms with Crippen LogP contribution in [0.25, 0.3) is 0 Å². The molecule has 94 valence electrons. The van der Waals surface area contributed by atoms with E-state index in [0.717, 1.165) is 19.3 Å². The van der Waals surface area contributed by atoms with Gasteiger partial charge in [0.1, 0.15) is 0 Å². The number of aliphatic carboxylic acids is 1. The van der Waals surface area contributed by atoms with Crippen molar-refractivity contribution in [2.45, 2.75) is 51.6 Å². The van der Waals surface area contributed by atoms with Crippen molar-refractivity contribution in [2.75, 3.05) is 5.75 Å². The number of carboxylic acid groups (broad SMARTS) is 1. The van der Waals surface area contributed by atoms with Crippen LogP contribution < -0.4 is 0 Å². The van der Waals surface area contributed by atoms with E-state index >= 15 is 0 Å². The number of carbonyl (C=O) groups is 1. The minimum absolute atomic E-state index is 0.0115. The van der Waals surface area contributed by atoms with Crippen molar-refractivity contribution in [3.63, 3.8) is 0 Å². The largest absolute Gasteiger partial charge is 0.481 e. The molecule has 2 atom stereocenters. The number of carboxylic acids is 1. The van der Waals surface area contributed by atoms with E-state index in [1.54, 1.807) is 0 Å². The van der Waals surface area contributed by atoms with Crippen LogP contribution in [0.3, 0.4) is 0 Å². The van der Waals surface area contributed by atoms with Crippen molar-refractivity contribution >= 4 is 16.0 Å². The Morgan fingerprint density at radius 2 is 1.81 bits per heavy atom. The molecular formula is C10H19NO4S. The molecule has 0 spiro atoms. The molecule has 6 heteroatoms. The zero-order valence-electron chi connectivity index (χ0n) is 9.72. The molecule has 5 nitrogen and oxygen atoms in total. The van der Waals surface area contributed by atoms with Gasteiger partial charge in [-0.15, -0.1) is 0 Å². The normalized spacial score (nSPS) is 27.9. The van der Waals surface area contributed by atoms with Crippen LogP contribution in [0, 0.1) is 0 Å². The number of sulfonamides is 1. The second-order valence-corrected chi connectivity index (χ2v) is 6.41. The second-order valence-electron chi connectivity index (χ2n) is 4.42. The van der Waals surface area contributed by atoms with E-state index in [-0.39, 0.29) is 24.3 Å². The van der Waals surface area contributed by atoms with Gasteiger partial charge in [-0.3, -0.25) is 4.79 Å². The van der Waals surface area contributed by atoms with Crippen molar-refractivity contribution < 1.29 is 18.3 Å². The van der Waals surface area contributed by atoms with Crippen molar-refractivity contribution in [2.24, 2.45) is 0 Å². The van der Waals surface area contributed by atoms with Gasteiger partial charge in [-0.1, -0.05) is 6.42 Å². The molecule has 0 aromatic heterocycles. The van der Waals surface area contributed by atoms with Crippen molar-refractivity contribution in [3.05, 3.63) is 0 Å². The van der Waals surface area contributed by atoms with Crippen LogP contribution in [0.4, 0.5) is 0 Å². The number of hydrogen-bond donors (Lipinski definition) is 1. The fourth-order valence-corrected chi connectivity index (χ4v) is 4.22. The van der Waals surface area contributed by atoms with Gasteiger partial charge in [-0.2, -0.15) is 4.31 Å². The van der Waals surface area contributed by atoms with Crippen LogP contribution in [0.2, 0.25) is 0 Å². The van der Waals surface area contributed by atoms with Gasteiger partial charge in [0, 0.05) is 12.1 Å². The molecule has 1 fully saturated rings. The fourth-order valence-electron chi connectivity index (χ4n) is 2.27. The topological polar surface area (TPSA) is 74.7 Å². The predicted octanol–water partition coefficient (Wildman–Crippen LogP) is 1.05. The van der Waals surface area contributed by atoms with Gasteiger partial charge in [0.2, 0.25) is 10.0 Å². The molecule has 1 N–H and O–H groups in total. The summed E-state index contributed by atoms with van der Waals surface area (Å²) in [5.74, 6) is -1.36. The van der Waals surface area contributed by atoms with Crippen LogP contribution in [0.15, 0.2) is 0 Å². The van der Waals surface area contributed by atoms with Gasteiger partial charge in [-0.25, -0.2) is 8.42 Å². The fraction of sp³-hybridized carbons (Fsp3) is 0.900. The number of nitrogens with zero attached hydrogens (tertiary/aromatic N) is 1. The summed E-state index contributed by atoms with van der Waals surface area (Å²) >= 11 is 0.